The van der Waals surface area contributed by atoms with Crippen molar-refractivity contribution in [1.29, 1.82) is 0 Å². The molecule has 4 atom stereocenters. The Morgan fingerprint density at radius 2 is 1.93 bits per heavy atom. The summed E-state index contributed by atoms with van der Waals surface area (Å²) in [5, 5.41) is 52.7. The van der Waals surface area contributed by atoms with E-state index in [0.29, 0.717) is 17.1 Å². The van der Waals surface area contributed by atoms with Crippen LogP contribution < -0.4 is 5.73 Å². The molecular weight excluding hydrogens is 532 g/mol. The molecule has 220 valence electrons. The van der Waals surface area contributed by atoms with E-state index in [-0.39, 0.29) is 31.6 Å². The van der Waals surface area contributed by atoms with Gasteiger partial charge in [-0.2, -0.15) is 5.06 Å². The van der Waals surface area contributed by atoms with Crippen LogP contribution in [0.3, 0.4) is 0 Å². The number of nitrogens with one attached hydrogen (secondary N) is 1. The van der Waals surface area contributed by atoms with Crippen molar-refractivity contribution in [2.24, 2.45) is 5.92 Å². The van der Waals surface area contributed by atoms with Crippen LogP contribution in [0.5, 0.6) is 0 Å². The number of rotatable bonds is 10. The second-order valence-electron chi connectivity index (χ2n) is 11.6. The van der Waals surface area contributed by atoms with Crippen molar-refractivity contribution >= 4 is 28.0 Å². The summed E-state index contributed by atoms with van der Waals surface area (Å²) in [4.78, 5) is 20.3. The van der Waals surface area contributed by atoms with Crippen molar-refractivity contribution in [3.8, 4) is 0 Å². The van der Waals surface area contributed by atoms with E-state index < -0.39 is 30.0 Å². The third kappa shape index (κ3) is 5.05. The van der Waals surface area contributed by atoms with Gasteiger partial charge in [0.15, 0.2) is 17.7 Å². The Kier molecular flexibility index (Phi) is 7.40. The summed E-state index contributed by atoms with van der Waals surface area (Å²) >= 11 is 0. The van der Waals surface area contributed by atoms with E-state index in [1.54, 1.807) is 0 Å². The zero-order chi connectivity index (χ0) is 28.9. The molecule has 2 aliphatic rings. The van der Waals surface area contributed by atoms with Gasteiger partial charge in [-0.25, -0.2) is 19.9 Å². The fraction of sp³-hybridized carbons (Fsp3) is 0.556. The van der Waals surface area contributed by atoms with Crippen LogP contribution in [0.4, 0.5) is 5.82 Å². The summed E-state index contributed by atoms with van der Waals surface area (Å²) in [7, 11) is 0. The van der Waals surface area contributed by atoms with Crippen molar-refractivity contribution in [3.63, 3.8) is 0 Å². The number of imidazole rings is 2. The Labute approximate surface area is 235 Å². The number of fused-ring (bicyclic) bond motifs is 2. The van der Waals surface area contributed by atoms with Gasteiger partial charge in [0.25, 0.3) is 0 Å². The van der Waals surface area contributed by atoms with E-state index in [0.717, 1.165) is 48.1 Å². The van der Waals surface area contributed by atoms with Crippen molar-refractivity contribution in [2.75, 3.05) is 25.5 Å². The zero-order valence-electron chi connectivity index (χ0n) is 22.7. The molecule has 1 aromatic carbocycles. The SMILES string of the molecule is CC(CO)(CO)c1ccc2nc(CCC3CC(N(O)C[C@H]4O[C@@H](n5cnc6c(N)ncnc65)[C@H](O)[C@@H]4O)C3)[nH]c2c1. The van der Waals surface area contributed by atoms with E-state index in [2.05, 4.69) is 24.9 Å². The molecule has 0 radical (unpaired) electrons. The number of H-pyrrole nitrogens is 1. The number of aromatic amines is 1. The zero-order valence-corrected chi connectivity index (χ0v) is 22.7. The number of benzene rings is 1. The third-order valence-electron chi connectivity index (χ3n) is 8.71. The van der Waals surface area contributed by atoms with Crippen LogP contribution in [-0.4, -0.2) is 104 Å². The topological polar surface area (TPSA) is 212 Å². The number of hydrogen-bond acceptors (Lipinski definition) is 12. The molecule has 0 bridgehead atoms. The molecule has 0 amide bonds. The van der Waals surface area contributed by atoms with Gasteiger partial charge >= 0.3 is 0 Å². The second-order valence-corrected chi connectivity index (χ2v) is 11.6. The first kappa shape index (κ1) is 27.9. The number of hydrogen-bond donors (Lipinski definition) is 7. The standard InChI is InChI=1S/C27H36N8O6/c1-27(10-36,11-37)15-3-4-17-18(8-15)33-20(32-17)5-2-14-6-16(7-14)35(40)9-19-22(38)23(39)26(41-19)34-13-31-21-24(28)29-12-30-25(21)34/h3-4,8,12-14,16,19,22-23,26,36-40H,2,5-7,9-11H2,1H3,(H,32,33)(H2,28,29,30)/t14?,16?,19-,22-,23-,26-/m1/s1. The maximum Gasteiger partial charge on any atom is 0.167 e. The predicted molar refractivity (Wildman–Crippen MR) is 147 cm³/mol. The number of aromatic nitrogens is 6. The maximum absolute atomic E-state index is 10.7. The number of nitrogens with zero attached hydrogens (tertiary/aromatic N) is 6. The highest BCUT2D eigenvalue weighted by Crippen LogP contribution is 2.37. The van der Waals surface area contributed by atoms with Crippen LogP contribution in [-0.2, 0) is 16.6 Å². The molecule has 41 heavy (non-hydrogen) atoms. The minimum absolute atomic E-state index is 0.0440. The van der Waals surface area contributed by atoms with Crippen LogP contribution in [0.2, 0.25) is 0 Å². The quantitative estimate of drug-likeness (QED) is 0.128. The van der Waals surface area contributed by atoms with Gasteiger partial charge in [-0.1, -0.05) is 13.0 Å². The Morgan fingerprint density at radius 3 is 2.68 bits per heavy atom. The largest absolute Gasteiger partial charge is 0.395 e. The van der Waals surface area contributed by atoms with Crippen LogP contribution in [0, 0.1) is 5.92 Å². The first-order valence-corrected chi connectivity index (χ1v) is 13.8. The average Bonchev–Trinajstić information content (AvgIpc) is 3.64. The molecule has 14 nitrogen and oxygen atoms in total. The van der Waals surface area contributed by atoms with Gasteiger partial charge in [-0.3, -0.25) is 4.57 Å². The lowest BCUT2D eigenvalue weighted by molar-refractivity contribution is -0.185. The fourth-order valence-electron chi connectivity index (χ4n) is 5.81. The van der Waals surface area contributed by atoms with Crippen molar-refractivity contribution < 1.29 is 30.4 Å². The minimum atomic E-state index is -1.24. The molecule has 1 aliphatic carbocycles. The smallest absolute Gasteiger partial charge is 0.167 e. The number of aryl methyl sites for hydroxylation is 1. The minimum Gasteiger partial charge on any atom is -0.395 e. The lowest BCUT2D eigenvalue weighted by atomic mass is 9.77. The molecule has 4 aromatic rings. The Balaban J connectivity index is 1.01. The van der Waals surface area contributed by atoms with Gasteiger partial charge in [-0.05, 0) is 42.9 Å². The van der Waals surface area contributed by atoms with Gasteiger partial charge in [0, 0.05) is 17.9 Å². The number of aliphatic hydroxyl groups excluding tert-OH is 4. The molecule has 0 spiro atoms. The van der Waals surface area contributed by atoms with E-state index in [1.807, 2.05) is 25.1 Å². The molecule has 14 heteroatoms. The van der Waals surface area contributed by atoms with Crippen molar-refractivity contribution in [1.82, 2.24) is 34.6 Å². The van der Waals surface area contributed by atoms with Crippen molar-refractivity contribution in [2.45, 2.75) is 68.6 Å². The summed E-state index contributed by atoms with van der Waals surface area (Å²) in [5.41, 5.74) is 8.46. The Bertz CT molecular complexity index is 1520. The van der Waals surface area contributed by atoms with Gasteiger partial charge in [-0.15, -0.1) is 0 Å². The van der Waals surface area contributed by atoms with Crippen molar-refractivity contribution in [3.05, 3.63) is 42.2 Å². The summed E-state index contributed by atoms with van der Waals surface area (Å²) in [5.74, 6) is 1.50. The number of aliphatic hydroxyl groups is 4. The lowest BCUT2D eigenvalue weighted by Gasteiger charge is -2.40. The van der Waals surface area contributed by atoms with E-state index in [9.17, 15) is 25.6 Å². The molecule has 1 saturated heterocycles. The van der Waals surface area contributed by atoms with Gasteiger partial charge in [0.1, 0.15) is 36.0 Å². The van der Waals surface area contributed by atoms with E-state index >= 15 is 0 Å². The van der Waals surface area contributed by atoms with Crippen LogP contribution in [0.25, 0.3) is 22.2 Å². The fourth-order valence-corrected chi connectivity index (χ4v) is 5.81. The Hall–Kier alpha value is -3.24. The normalized spacial score (nSPS) is 26.8. The number of anilines is 1. The molecule has 3 aromatic heterocycles. The maximum atomic E-state index is 10.7. The van der Waals surface area contributed by atoms with Gasteiger partial charge < -0.3 is 41.1 Å². The second kappa shape index (κ2) is 10.9. The molecule has 1 saturated carbocycles. The number of nitrogens with two attached hydrogens (primary N) is 1. The monoisotopic (exact) mass is 568 g/mol. The summed E-state index contributed by atoms with van der Waals surface area (Å²) in [6.07, 6.45) is 1.80. The van der Waals surface area contributed by atoms with Gasteiger partial charge in [0.2, 0.25) is 0 Å². The molecule has 8 N–H and O–H groups in total. The number of nitrogen functional groups attached to an aromatic ring is 1. The Morgan fingerprint density at radius 1 is 1.15 bits per heavy atom. The summed E-state index contributed by atoms with van der Waals surface area (Å²) in [6.45, 7) is 1.56. The van der Waals surface area contributed by atoms with Gasteiger partial charge in [0.05, 0.1) is 37.1 Å². The summed E-state index contributed by atoms with van der Waals surface area (Å²) in [6, 6.07) is 5.65. The first-order valence-electron chi connectivity index (χ1n) is 13.8. The third-order valence-corrected chi connectivity index (χ3v) is 8.71. The number of hydroxylamine groups is 2. The molecule has 0 unspecified atom stereocenters. The summed E-state index contributed by atoms with van der Waals surface area (Å²) < 4.78 is 7.47. The molecule has 4 heterocycles. The average molecular weight is 569 g/mol. The van der Waals surface area contributed by atoms with E-state index in [4.69, 9.17) is 10.5 Å². The number of ether oxygens (including phenoxy) is 1. The predicted octanol–water partition coefficient (Wildman–Crippen LogP) is 0.249. The highest BCUT2D eigenvalue weighted by Gasteiger charge is 2.46. The molecular formula is C27H36N8O6. The highest BCUT2D eigenvalue weighted by atomic mass is 16.6. The molecule has 2 fully saturated rings. The lowest BCUT2D eigenvalue weighted by Crippen LogP contribution is -2.48. The van der Waals surface area contributed by atoms with Crippen LogP contribution >= 0.6 is 0 Å². The first-order chi connectivity index (χ1) is 19.7. The van der Waals surface area contributed by atoms with Crippen LogP contribution in [0.1, 0.15) is 43.8 Å². The highest BCUT2D eigenvalue weighted by molar-refractivity contribution is 5.81. The van der Waals surface area contributed by atoms with Crippen LogP contribution in [0.15, 0.2) is 30.9 Å². The van der Waals surface area contributed by atoms with E-state index in [1.165, 1.54) is 22.3 Å². The molecule has 1 aliphatic heterocycles. The molecule has 6 rings (SSSR count).